The second kappa shape index (κ2) is 11.2. The zero-order chi connectivity index (χ0) is 20.8. The van der Waals surface area contributed by atoms with Crippen LogP contribution >= 0.6 is 24.0 Å². The van der Waals surface area contributed by atoms with Crippen LogP contribution < -0.4 is 15.4 Å². The van der Waals surface area contributed by atoms with Gasteiger partial charge in [-0.3, -0.25) is 9.89 Å². The molecular formula is C19H30F3IN4O2. The lowest BCUT2D eigenvalue weighted by atomic mass is 10.0. The quantitative estimate of drug-likeness (QED) is 0.337. The highest BCUT2D eigenvalue weighted by Gasteiger charge is 2.34. The molecule has 6 nitrogen and oxygen atoms in total. The summed E-state index contributed by atoms with van der Waals surface area (Å²) in [5, 5.41) is 6.17. The summed E-state index contributed by atoms with van der Waals surface area (Å²) in [7, 11) is 2.94. The van der Waals surface area contributed by atoms with Gasteiger partial charge >= 0.3 is 6.18 Å². The van der Waals surface area contributed by atoms with Crippen molar-refractivity contribution >= 4 is 29.9 Å². The fourth-order valence-electron chi connectivity index (χ4n) is 3.08. The van der Waals surface area contributed by atoms with Gasteiger partial charge in [-0.15, -0.1) is 24.0 Å². The summed E-state index contributed by atoms with van der Waals surface area (Å²) in [4.78, 5) is 6.44. The molecule has 1 heterocycles. The van der Waals surface area contributed by atoms with Gasteiger partial charge in [-0.2, -0.15) is 13.2 Å². The predicted molar refractivity (Wildman–Crippen MR) is 118 cm³/mol. The van der Waals surface area contributed by atoms with E-state index in [2.05, 4.69) is 34.4 Å². The van der Waals surface area contributed by atoms with E-state index in [9.17, 15) is 13.2 Å². The summed E-state index contributed by atoms with van der Waals surface area (Å²) in [6.07, 6.45) is -4.46. The zero-order valence-corrected chi connectivity index (χ0v) is 19.6. The molecule has 1 saturated heterocycles. The first-order valence-electron chi connectivity index (χ1n) is 9.19. The van der Waals surface area contributed by atoms with E-state index < -0.39 is 11.7 Å². The molecule has 1 fully saturated rings. The van der Waals surface area contributed by atoms with E-state index in [4.69, 9.17) is 9.47 Å². The second-order valence-electron chi connectivity index (χ2n) is 7.21. The maximum Gasteiger partial charge on any atom is 0.416 e. The number of alkyl halides is 3. The van der Waals surface area contributed by atoms with Crippen LogP contribution in [0.5, 0.6) is 5.75 Å². The van der Waals surface area contributed by atoms with E-state index in [1.54, 1.807) is 7.05 Å². The molecule has 0 radical (unpaired) electrons. The third-order valence-corrected chi connectivity index (χ3v) is 4.85. The van der Waals surface area contributed by atoms with Crippen LogP contribution in [0.3, 0.4) is 0 Å². The number of aliphatic imine (C=N–C) groups is 1. The second-order valence-corrected chi connectivity index (χ2v) is 7.21. The number of methoxy groups -OCH3 is 1. The Kier molecular flexibility index (Phi) is 9.96. The van der Waals surface area contributed by atoms with Crippen molar-refractivity contribution in [2.75, 3.05) is 47.0 Å². The van der Waals surface area contributed by atoms with E-state index in [1.807, 2.05) is 0 Å². The van der Waals surface area contributed by atoms with Gasteiger partial charge in [0, 0.05) is 38.8 Å². The van der Waals surface area contributed by atoms with Crippen molar-refractivity contribution in [3.63, 3.8) is 0 Å². The highest BCUT2D eigenvalue weighted by Crippen LogP contribution is 2.34. The molecule has 0 aliphatic carbocycles. The van der Waals surface area contributed by atoms with Gasteiger partial charge in [-0.05, 0) is 31.5 Å². The summed E-state index contributed by atoms with van der Waals surface area (Å²) in [5.74, 6) is 0.621. The van der Waals surface area contributed by atoms with Crippen molar-refractivity contribution in [1.82, 2.24) is 15.5 Å². The number of morpholine rings is 1. The maximum atomic E-state index is 13.3. The zero-order valence-electron chi connectivity index (χ0n) is 17.2. The van der Waals surface area contributed by atoms with Crippen molar-refractivity contribution in [2.24, 2.45) is 4.99 Å². The van der Waals surface area contributed by atoms with Crippen molar-refractivity contribution in [2.45, 2.75) is 32.1 Å². The molecule has 166 valence electrons. The summed E-state index contributed by atoms with van der Waals surface area (Å²) in [5.41, 5.74) is -0.731. The molecule has 0 bridgehead atoms. The van der Waals surface area contributed by atoms with Crippen LogP contribution in [0.15, 0.2) is 23.2 Å². The molecular weight excluding hydrogens is 500 g/mol. The van der Waals surface area contributed by atoms with Crippen molar-refractivity contribution in [1.29, 1.82) is 0 Å². The molecule has 1 aromatic rings. The molecule has 0 aromatic heterocycles. The Bertz CT molecular complexity index is 678. The number of guanidine groups is 1. The minimum absolute atomic E-state index is 0. The fraction of sp³-hybridized carbons (Fsp3) is 0.632. The van der Waals surface area contributed by atoms with Crippen LogP contribution in [-0.4, -0.2) is 63.4 Å². The van der Waals surface area contributed by atoms with Gasteiger partial charge in [-0.1, -0.05) is 6.07 Å². The summed E-state index contributed by atoms with van der Waals surface area (Å²) in [6.45, 7) is 7.93. The minimum atomic E-state index is -4.46. The van der Waals surface area contributed by atoms with Crippen molar-refractivity contribution in [3.8, 4) is 5.75 Å². The summed E-state index contributed by atoms with van der Waals surface area (Å²) < 4.78 is 50.3. The van der Waals surface area contributed by atoms with E-state index >= 15 is 0 Å². The average Bonchev–Trinajstić information content (AvgIpc) is 2.68. The molecule has 0 amide bonds. The highest BCUT2D eigenvalue weighted by atomic mass is 127. The molecule has 0 saturated carbocycles. The maximum absolute atomic E-state index is 13.3. The molecule has 10 heteroatoms. The van der Waals surface area contributed by atoms with Crippen LogP contribution in [-0.2, 0) is 17.5 Å². The lowest BCUT2D eigenvalue weighted by Crippen LogP contribution is -2.56. The Morgan fingerprint density at radius 1 is 1.21 bits per heavy atom. The Hall–Kier alpha value is -1.27. The van der Waals surface area contributed by atoms with Gasteiger partial charge in [-0.25, -0.2) is 0 Å². The largest absolute Gasteiger partial charge is 0.497 e. The molecule has 29 heavy (non-hydrogen) atoms. The predicted octanol–water partition coefficient (Wildman–Crippen LogP) is 3.11. The Balaban J connectivity index is 0.00000420. The molecule has 0 unspecified atom stereocenters. The van der Waals surface area contributed by atoms with Gasteiger partial charge in [0.1, 0.15) is 5.75 Å². The van der Waals surface area contributed by atoms with E-state index in [-0.39, 0.29) is 47.4 Å². The van der Waals surface area contributed by atoms with Crippen LogP contribution in [0, 0.1) is 0 Å². The van der Waals surface area contributed by atoms with E-state index in [0.717, 1.165) is 19.2 Å². The average molecular weight is 530 g/mol. The third kappa shape index (κ3) is 7.49. The first-order chi connectivity index (χ1) is 13.2. The molecule has 0 spiro atoms. The lowest BCUT2D eigenvalue weighted by Gasteiger charge is -2.41. The van der Waals surface area contributed by atoms with Crippen LogP contribution in [0.4, 0.5) is 13.2 Å². The minimum Gasteiger partial charge on any atom is -0.497 e. The topological polar surface area (TPSA) is 58.1 Å². The Morgan fingerprint density at radius 3 is 2.41 bits per heavy atom. The molecule has 2 N–H and O–H groups in total. The normalized spacial score (nSPS) is 16.2. The van der Waals surface area contributed by atoms with Gasteiger partial charge < -0.3 is 20.1 Å². The lowest BCUT2D eigenvalue weighted by molar-refractivity contribution is -0.138. The number of nitrogens with one attached hydrogen (secondary N) is 2. The van der Waals surface area contributed by atoms with Gasteiger partial charge in [0.05, 0.1) is 25.9 Å². The standard InChI is InChI=1S/C19H29F3N4O2.HI/c1-18(2,26-7-9-28-10-8-26)13-25-17(23-3)24-12-14-5-6-15(27-4)11-16(14)19(20,21)22;/h5-6,11H,7-10,12-13H2,1-4H3,(H2,23,24,25);1H. The van der Waals surface area contributed by atoms with Crippen LogP contribution in [0.1, 0.15) is 25.0 Å². The molecule has 2 rings (SSSR count). The first kappa shape index (κ1) is 25.8. The number of hydrogen-bond donors (Lipinski definition) is 2. The highest BCUT2D eigenvalue weighted by molar-refractivity contribution is 14.0. The van der Waals surface area contributed by atoms with Gasteiger partial charge in [0.15, 0.2) is 5.96 Å². The van der Waals surface area contributed by atoms with Crippen molar-refractivity contribution in [3.05, 3.63) is 29.3 Å². The molecule has 1 aliphatic rings. The van der Waals surface area contributed by atoms with E-state index in [1.165, 1.54) is 19.2 Å². The van der Waals surface area contributed by atoms with Crippen molar-refractivity contribution < 1.29 is 22.6 Å². The fourth-order valence-corrected chi connectivity index (χ4v) is 3.08. The van der Waals surface area contributed by atoms with Gasteiger partial charge in [0.2, 0.25) is 0 Å². The van der Waals surface area contributed by atoms with E-state index in [0.29, 0.717) is 25.7 Å². The smallest absolute Gasteiger partial charge is 0.416 e. The van der Waals surface area contributed by atoms with Gasteiger partial charge in [0.25, 0.3) is 0 Å². The number of ether oxygens (including phenoxy) is 2. The third-order valence-electron chi connectivity index (χ3n) is 4.85. The Labute approximate surface area is 187 Å². The molecule has 1 aromatic carbocycles. The number of hydrogen-bond acceptors (Lipinski definition) is 4. The van der Waals surface area contributed by atoms with Crippen LogP contribution in [0.25, 0.3) is 0 Å². The number of benzene rings is 1. The number of halogens is 4. The van der Waals surface area contributed by atoms with Crippen LogP contribution in [0.2, 0.25) is 0 Å². The molecule has 1 aliphatic heterocycles. The molecule has 0 atom stereocenters. The summed E-state index contributed by atoms with van der Waals surface area (Å²) in [6, 6.07) is 3.94. The number of nitrogens with zero attached hydrogens (tertiary/aromatic N) is 2. The first-order valence-corrected chi connectivity index (χ1v) is 9.19. The SMILES string of the molecule is CN=C(NCc1ccc(OC)cc1C(F)(F)F)NCC(C)(C)N1CCOCC1.I. The monoisotopic (exact) mass is 530 g/mol. The number of rotatable bonds is 6. The Morgan fingerprint density at radius 2 is 1.86 bits per heavy atom. The summed E-state index contributed by atoms with van der Waals surface area (Å²) >= 11 is 0.